The zero-order chi connectivity index (χ0) is 14.2. The van der Waals surface area contributed by atoms with Gasteiger partial charge >= 0.3 is 0 Å². The highest BCUT2D eigenvalue weighted by molar-refractivity contribution is 5.18. The Morgan fingerprint density at radius 1 is 1.05 bits per heavy atom. The molecule has 0 spiro atoms. The number of ether oxygens (including phenoxy) is 1. The molecule has 1 aromatic heterocycles. The van der Waals surface area contributed by atoms with Crippen molar-refractivity contribution in [1.82, 2.24) is 5.32 Å². The second kappa shape index (κ2) is 7.88. The van der Waals surface area contributed by atoms with E-state index in [1.54, 1.807) is 6.26 Å². The van der Waals surface area contributed by atoms with E-state index in [1.165, 1.54) is 5.56 Å². The maximum absolute atomic E-state index is 6.00. The minimum atomic E-state index is 0.0417. The first kappa shape index (κ1) is 14.8. The molecule has 0 amide bonds. The second-order valence-corrected chi connectivity index (χ2v) is 5.34. The predicted molar refractivity (Wildman–Crippen MR) is 80.4 cm³/mol. The molecule has 20 heavy (non-hydrogen) atoms. The third-order valence-corrected chi connectivity index (χ3v) is 3.06. The molecule has 0 aliphatic carbocycles. The van der Waals surface area contributed by atoms with Crippen molar-refractivity contribution in [3.8, 4) is 0 Å². The third-order valence-electron chi connectivity index (χ3n) is 3.06. The van der Waals surface area contributed by atoms with Crippen molar-refractivity contribution in [3.63, 3.8) is 0 Å². The summed E-state index contributed by atoms with van der Waals surface area (Å²) in [6, 6.07) is 14.1. The van der Waals surface area contributed by atoms with Crippen LogP contribution in [0.3, 0.4) is 0 Å². The molecule has 1 atom stereocenters. The molecule has 0 radical (unpaired) electrons. The molecule has 3 heteroatoms. The van der Waals surface area contributed by atoms with Gasteiger partial charge in [-0.2, -0.15) is 0 Å². The second-order valence-electron chi connectivity index (χ2n) is 5.34. The summed E-state index contributed by atoms with van der Waals surface area (Å²) in [5.74, 6) is 1.49. The maximum atomic E-state index is 6.00. The Morgan fingerprint density at radius 3 is 2.50 bits per heavy atom. The van der Waals surface area contributed by atoms with E-state index in [0.29, 0.717) is 12.5 Å². The van der Waals surface area contributed by atoms with Crippen molar-refractivity contribution in [2.75, 3.05) is 13.1 Å². The molecular formula is C17H23NO2. The lowest BCUT2D eigenvalue weighted by Crippen LogP contribution is -2.26. The van der Waals surface area contributed by atoms with Gasteiger partial charge in [0, 0.05) is 6.54 Å². The van der Waals surface area contributed by atoms with Gasteiger partial charge in [0.15, 0.2) is 0 Å². The van der Waals surface area contributed by atoms with Gasteiger partial charge in [0.2, 0.25) is 0 Å². The Bertz CT molecular complexity index is 465. The summed E-state index contributed by atoms with van der Waals surface area (Å²) >= 11 is 0. The fourth-order valence-electron chi connectivity index (χ4n) is 2.02. The number of benzene rings is 1. The average molecular weight is 273 g/mol. The number of furan rings is 1. The van der Waals surface area contributed by atoms with E-state index in [4.69, 9.17) is 9.15 Å². The normalized spacial score (nSPS) is 12.8. The van der Waals surface area contributed by atoms with Crippen LogP contribution in [0.1, 0.15) is 31.3 Å². The highest BCUT2D eigenvalue weighted by Gasteiger charge is 2.12. The standard InChI is InChI=1S/C17H23NO2/c1-14(2)11-18-12-17(15-7-4-3-5-8-15)20-13-16-9-6-10-19-16/h3-10,14,17-18H,11-13H2,1-2H3. The lowest BCUT2D eigenvalue weighted by molar-refractivity contribution is 0.0298. The maximum Gasteiger partial charge on any atom is 0.129 e. The summed E-state index contributed by atoms with van der Waals surface area (Å²) in [6.07, 6.45) is 1.72. The van der Waals surface area contributed by atoms with E-state index < -0.39 is 0 Å². The van der Waals surface area contributed by atoms with Crippen molar-refractivity contribution >= 4 is 0 Å². The van der Waals surface area contributed by atoms with Gasteiger partial charge < -0.3 is 14.5 Å². The average Bonchev–Trinajstić information content (AvgIpc) is 2.96. The topological polar surface area (TPSA) is 34.4 Å². The van der Waals surface area contributed by atoms with E-state index in [0.717, 1.165) is 18.8 Å². The van der Waals surface area contributed by atoms with Gasteiger partial charge in [0.1, 0.15) is 12.4 Å². The molecule has 0 aliphatic rings. The van der Waals surface area contributed by atoms with Gasteiger partial charge in [-0.1, -0.05) is 44.2 Å². The minimum absolute atomic E-state index is 0.0417. The van der Waals surface area contributed by atoms with Gasteiger partial charge in [-0.3, -0.25) is 0 Å². The Morgan fingerprint density at radius 2 is 1.85 bits per heavy atom. The summed E-state index contributed by atoms with van der Waals surface area (Å²) in [5.41, 5.74) is 1.19. The van der Waals surface area contributed by atoms with Gasteiger partial charge in [-0.15, -0.1) is 0 Å². The largest absolute Gasteiger partial charge is 0.467 e. The Kier molecular flexibility index (Phi) is 5.84. The number of hydrogen-bond donors (Lipinski definition) is 1. The molecule has 2 aromatic rings. The summed E-state index contributed by atoms with van der Waals surface area (Å²) in [5, 5.41) is 3.46. The smallest absolute Gasteiger partial charge is 0.129 e. The predicted octanol–water partition coefficient (Wildman–Crippen LogP) is 3.78. The summed E-state index contributed by atoms with van der Waals surface area (Å²) in [4.78, 5) is 0. The Balaban J connectivity index is 1.92. The van der Waals surface area contributed by atoms with Crippen LogP contribution in [0.25, 0.3) is 0 Å². The number of hydrogen-bond acceptors (Lipinski definition) is 3. The highest BCUT2D eigenvalue weighted by atomic mass is 16.5. The molecule has 1 unspecified atom stereocenters. The van der Waals surface area contributed by atoms with Crippen LogP contribution in [-0.4, -0.2) is 13.1 Å². The zero-order valence-corrected chi connectivity index (χ0v) is 12.2. The van der Waals surface area contributed by atoms with Crippen molar-refractivity contribution < 1.29 is 9.15 Å². The summed E-state index contributed by atoms with van der Waals surface area (Å²) < 4.78 is 11.3. The molecule has 2 rings (SSSR count). The van der Waals surface area contributed by atoms with E-state index in [2.05, 4.69) is 31.3 Å². The Hall–Kier alpha value is -1.58. The van der Waals surface area contributed by atoms with Gasteiger partial charge in [-0.05, 0) is 30.2 Å². The monoisotopic (exact) mass is 273 g/mol. The van der Waals surface area contributed by atoms with E-state index in [9.17, 15) is 0 Å². The minimum Gasteiger partial charge on any atom is -0.467 e. The molecule has 1 aromatic carbocycles. The van der Waals surface area contributed by atoms with E-state index in [1.807, 2.05) is 30.3 Å². The molecular weight excluding hydrogens is 250 g/mol. The molecule has 0 fully saturated rings. The van der Waals surface area contributed by atoms with Crippen LogP contribution in [0.15, 0.2) is 53.1 Å². The Labute approximate surface area is 121 Å². The van der Waals surface area contributed by atoms with Crippen molar-refractivity contribution in [3.05, 3.63) is 60.1 Å². The zero-order valence-electron chi connectivity index (χ0n) is 12.2. The van der Waals surface area contributed by atoms with Crippen LogP contribution < -0.4 is 5.32 Å². The molecule has 0 saturated carbocycles. The first-order chi connectivity index (χ1) is 9.75. The van der Waals surface area contributed by atoms with Crippen LogP contribution in [0.4, 0.5) is 0 Å². The number of rotatable bonds is 8. The van der Waals surface area contributed by atoms with Crippen LogP contribution in [-0.2, 0) is 11.3 Å². The van der Waals surface area contributed by atoms with Gasteiger partial charge in [0.05, 0.1) is 12.4 Å². The molecule has 0 saturated heterocycles. The van der Waals surface area contributed by atoms with Crippen LogP contribution >= 0.6 is 0 Å². The lowest BCUT2D eigenvalue weighted by Gasteiger charge is -2.19. The van der Waals surface area contributed by atoms with Crippen LogP contribution in [0, 0.1) is 5.92 Å². The van der Waals surface area contributed by atoms with Gasteiger partial charge in [0.25, 0.3) is 0 Å². The summed E-state index contributed by atoms with van der Waals surface area (Å²) in [6.45, 7) is 6.70. The quantitative estimate of drug-likeness (QED) is 0.794. The number of nitrogens with one attached hydrogen (secondary N) is 1. The first-order valence-corrected chi connectivity index (χ1v) is 7.15. The van der Waals surface area contributed by atoms with Crippen LogP contribution in [0.2, 0.25) is 0 Å². The van der Waals surface area contributed by atoms with E-state index >= 15 is 0 Å². The van der Waals surface area contributed by atoms with Crippen molar-refractivity contribution in [2.45, 2.75) is 26.6 Å². The van der Waals surface area contributed by atoms with Crippen LogP contribution in [0.5, 0.6) is 0 Å². The van der Waals surface area contributed by atoms with Crippen molar-refractivity contribution in [2.24, 2.45) is 5.92 Å². The SMILES string of the molecule is CC(C)CNCC(OCc1ccco1)c1ccccc1. The fraction of sp³-hybridized carbons (Fsp3) is 0.412. The molecule has 0 aliphatic heterocycles. The molecule has 0 bridgehead atoms. The summed E-state index contributed by atoms with van der Waals surface area (Å²) in [7, 11) is 0. The molecule has 108 valence electrons. The third kappa shape index (κ3) is 4.83. The van der Waals surface area contributed by atoms with Crippen molar-refractivity contribution in [1.29, 1.82) is 0 Å². The molecule has 1 heterocycles. The highest BCUT2D eigenvalue weighted by Crippen LogP contribution is 2.18. The lowest BCUT2D eigenvalue weighted by atomic mass is 10.1. The van der Waals surface area contributed by atoms with E-state index in [-0.39, 0.29) is 6.10 Å². The van der Waals surface area contributed by atoms with Gasteiger partial charge in [-0.25, -0.2) is 0 Å². The first-order valence-electron chi connectivity index (χ1n) is 7.15. The fourth-order valence-corrected chi connectivity index (χ4v) is 2.02. The molecule has 3 nitrogen and oxygen atoms in total. The molecule has 1 N–H and O–H groups in total.